The fraction of sp³-hybridized carbons (Fsp3) is 0.571. The first-order valence-corrected chi connectivity index (χ1v) is 9.60. The summed E-state index contributed by atoms with van der Waals surface area (Å²) in [6.45, 7) is 2.12. The van der Waals surface area contributed by atoms with Gasteiger partial charge < -0.3 is 9.64 Å². The van der Waals surface area contributed by atoms with Crippen molar-refractivity contribution in [1.82, 2.24) is 9.80 Å². The number of hydrogen-bond donors (Lipinski definition) is 0. The van der Waals surface area contributed by atoms with E-state index in [1.165, 1.54) is 37.7 Å². The zero-order valence-corrected chi connectivity index (χ0v) is 15.2. The van der Waals surface area contributed by atoms with Crippen molar-refractivity contribution in [3.8, 4) is 0 Å². The molecule has 2 amide bonds. The minimum absolute atomic E-state index is 0.0263. The third-order valence-corrected chi connectivity index (χ3v) is 6.18. The molecule has 0 bridgehead atoms. The van der Waals surface area contributed by atoms with Gasteiger partial charge in [0.05, 0.1) is 18.2 Å². The number of carbonyl (C=O) groups excluding carboxylic acids is 1. The van der Waals surface area contributed by atoms with Gasteiger partial charge in [-0.3, -0.25) is 4.90 Å². The van der Waals surface area contributed by atoms with Crippen molar-refractivity contribution in [2.24, 2.45) is 5.92 Å². The van der Waals surface area contributed by atoms with Crippen LogP contribution in [0.25, 0.3) is 0 Å². The normalized spacial score (nSPS) is 33.4. The van der Waals surface area contributed by atoms with E-state index in [2.05, 4.69) is 31.2 Å². The van der Waals surface area contributed by atoms with Crippen molar-refractivity contribution in [3.05, 3.63) is 48.0 Å². The van der Waals surface area contributed by atoms with Crippen LogP contribution in [0.5, 0.6) is 0 Å². The third kappa shape index (κ3) is 2.97. The van der Waals surface area contributed by atoms with Gasteiger partial charge in [0.25, 0.3) is 0 Å². The minimum atomic E-state index is -0.253. The number of amides is 2. The summed E-state index contributed by atoms with van der Waals surface area (Å²) in [6, 6.07) is 10.5. The molecule has 0 aromatic heterocycles. The molecule has 0 radical (unpaired) electrons. The van der Waals surface area contributed by atoms with Gasteiger partial charge in [0, 0.05) is 7.05 Å². The summed E-state index contributed by atoms with van der Waals surface area (Å²) in [5, 5.41) is 0. The Hall–Kier alpha value is -1.81. The van der Waals surface area contributed by atoms with Crippen molar-refractivity contribution in [1.29, 1.82) is 0 Å². The standard InChI is InChI=1S/C21H28N2O2/c1-15-20(17-11-7-4-8-12-17)23(21(24)22(15)2)19-14-13-18(25-19)16-9-5-3-6-10-16/h4,7-8,11-16,18-20H,3,5-6,9-10H2,1-2H3/t15-,18+,19?,20-/m0/s1. The Morgan fingerprint density at radius 3 is 2.48 bits per heavy atom. The van der Waals surface area contributed by atoms with Gasteiger partial charge in [-0.2, -0.15) is 0 Å². The molecule has 1 unspecified atom stereocenters. The maximum atomic E-state index is 12.9. The quantitative estimate of drug-likeness (QED) is 0.767. The fourth-order valence-electron chi connectivity index (χ4n) is 4.62. The van der Waals surface area contributed by atoms with Gasteiger partial charge in [-0.05, 0) is 37.3 Å². The number of likely N-dealkylation sites (N-methyl/N-ethyl adjacent to an activating group) is 1. The van der Waals surface area contributed by atoms with Crippen LogP contribution in [0.4, 0.5) is 4.79 Å². The molecule has 1 aliphatic carbocycles. The maximum absolute atomic E-state index is 12.9. The van der Waals surface area contributed by atoms with Gasteiger partial charge in [-0.25, -0.2) is 4.79 Å². The first-order chi connectivity index (χ1) is 12.2. The van der Waals surface area contributed by atoms with E-state index in [0.29, 0.717) is 5.92 Å². The van der Waals surface area contributed by atoms with E-state index in [-0.39, 0.29) is 30.4 Å². The van der Waals surface area contributed by atoms with Crippen molar-refractivity contribution in [2.45, 2.75) is 63.4 Å². The Bertz CT molecular complexity index is 639. The molecule has 134 valence electrons. The molecule has 3 aliphatic rings. The molecule has 1 aromatic carbocycles. The van der Waals surface area contributed by atoms with Crippen molar-refractivity contribution in [2.75, 3.05) is 7.05 Å². The molecule has 0 spiro atoms. The van der Waals surface area contributed by atoms with Crippen LogP contribution in [-0.4, -0.2) is 41.3 Å². The first kappa shape index (κ1) is 16.6. The lowest BCUT2D eigenvalue weighted by molar-refractivity contribution is -0.0528. The summed E-state index contributed by atoms with van der Waals surface area (Å²) >= 11 is 0. The van der Waals surface area contributed by atoms with Crippen LogP contribution in [0.1, 0.15) is 50.6 Å². The molecule has 1 aromatic rings. The lowest BCUT2D eigenvalue weighted by Crippen LogP contribution is -2.40. The van der Waals surface area contributed by atoms with Crippen LogP contribution in [0.2, 0.25) is 0 Å². The number of nitrogens with zero attached hydrogens (tertiary/aromatic N) is 2. The molecule has 4 atom stereocenters. The van der Waals surface area contributed by atoms with E-state index >= 15 is 0 Å². The average Bonchev–Trinajstić information content (AvgIpc) is 3.22. The largest absolute Gasteiger partial charge is 0.347 e. The number of carbonyl (C=O) groups is 1. The van der Waals surface area contributed by atoms with Gasteiger partial charge in [-0.15, -0.1) is 0 Å². The van der Waals surface area contributed by atoms with Crippen LogP contribution in [0.3, 0.4) is 0 Å². The minimum Gasteiger partial charge on any atom is -0.347 e. The summed E-state index contributed by atoms with van der Waals surface area (Å²) in [5.41, 5.74) is 1.17. The molecule has 4 rings (SSSR count). The lowest BCUT2D eigenvalue weighted by Gasteiger charge is -2.32. The Labute approximate surface area is 150 Å². The molecule has 2 fully saturated rings. The highest BCUT2D eigenvalue weighted by Crippen LogP contribution is 2.39. The maximum Gasteiger partial charge on any atom is 0.322 e. The molecule has 0 N–H and O–H groups in total. The average molecular weight is 340 g/mol. The molecular weight excluding hydrogens is 312 g/mol. The van der Waals surface area contributed by atoms with E-state index in [9.17, 15) is 4.79 Å². The molecule has 4 nitrogen and oxygen atoms in total. The van der Waals surface area contributed by atoms with Crippen molar-refractivity contribution in [3.63, 3.8) is 0 Å². The zero-order chi connectivity index (χ0) is 17.4. The van der Waals surface area contributed by atoms with Crippen molar-refractivity contribution < 1.29 is 9.53 Å². The smallest absolute Gasteiger partial charge is 0.322 e. The summed E-state index contributed by atoms with van der Waals surface area (Å²) in [4.78, 5) is 16.7. The second kappa shape index (κ2) is 6.83. The highest BCUT2D eigenvalue weighted by atomic mass is 16.5. The topological polar surface area (TPSA) is 32.8 Å². The second-order valence-electron chi connectivity index (χ2n) is 7.67. The molecular formula is C21H28N2O2. The fourth-order valence-corrected chi connectivity index (χ4v) is 4.62. The number of rotatable bonds is 3. The van der Waals surface area contributed by atoms with Gasteiger partial charge in [0.2, 0.25) is 0 Å². The second-order valence-corrected chi connectivity index (χ2v) is 7.67. The molecule has 2 aliphatic heterocycles. The van der Waals surface area contributed by atoms with Crippen molar-refractivity contribution >= 4 is 6.03 Å². The monoisotopic (exact) mass is 340 g/mol. The Balaban J connectivity index is 1.55. The van der Waals surface area contributed by atoms with Crippen LogP contribution >= 0.6 is 0 Å². The molecule has 1 saturated heterocycles. The van der Waals surface area contributed by atoms with Gasteiger partial charge in [0.1, 0.15) is 0 Å². The van der Waals surface area contributed by atoms with E-state index in [0.717, 1.165) is 0 Å². The summed E-state index contributed by atoms with van der Waals surface area (Å²) < 4.78 is 6.37. The Morgan fingerprint density at radius 2 is 1.76 bits per heavy atom. The Morgan fingerprint density at radius 1 is 1.04 bits per heavy atom. The Kier molecular flexibility index (Phi) is 4.55. The predicted octanol–water partition coefficient (Wildman–Crippen LogP) is 4.35. The van der Waals surface area contributed by atoms with E-state index in [4.69, 9.17) is 4.74 Å². The number of urea groups is 1. The molecule has 4 heteroatoms. The lowest BCUT2D eigenvalue weighted by atomic mass is 9.85. The zero-order valence-electron chi connectivity index (χ0n) is 15.2. The molecule has 2 heterocycles. The van der Waals surface area contributed by atoms with Gasteiger partial charge in [-0.1, -0.05) is 55.7 Å². The van der Waals surface area contributed by atoms with Gasteiger partial charge in [0.15, 0.2) is 6.23 Å². The van der Waals surface area contributed by atoms with E-state index < -0.39 is 0 Å². The summed E-state index contributed by atoms with van der Waals surface area (Å²) in [5.74, 6) is 0.609. The number of ether oxygens (including phenoxy) is 1. The first-order valence-electron chi connectivity index (χ1n) is 9.60. The van der Waals surface area contributed by atoms with E-state index in [1.54, 1.807) is 0 Å². The van der Waals surface area contributed by atoms with Crippen LogP contribution in [0.15, 0.2) is 42.5 Å². The summed E-state index contributed by atoms with van der Waals surface area (Å²) in [7, 11) is 1.89. The highest BCUT2D eigenvalue weighted by Gasteiger charge is 2.47. The highest BCUT2D eigenvalue weighted by molar-refractivity contribution is 5.78. The van der Waals surface area contributed by atoms with E-state index in [1.807, 2.05) is 35.0 Å². The number of hydrogen-bond acceptors (Lipinski definition) is 2. The third-order valence-electron chi connectivity index (χ3n) is 6.18. The predicted molar refractivity (Wildman–Crippen MR) is 98.0 cm³/mol. The SMILES string of the molecule is C[C@H]1[C@@H](c2ccccc2)N(C2C=C[C@H](C3CCCCC3)O2)C(=O)N1C. The number of benzene rings is 1. The van der Waals surface area contributed by atoms with Crippen LogP contribution in [0, 0.1) is 5.92 Å². The molecule has 25 heavy (non-hydrogen) atoms. The van der Waals surface area contributed by atoms with Crippen LogP contribution in [-0.2, 0) is 4.74 Å². The van der Waals surface area contributed by atoms with Gasteiger partial charge >= 0.3 is 6.03 Å². The summed E-state index contributed by atoms with van der Waals surface area (Å²) in [6.07, 6.45) is 10.6. The molecule has 1 saturated carbocycles. The van der Waals surface area contributed by atoms with Crippen LogP contribution < -0.4 is 0 Å².